The van der Waals surface area contributed by atoms with E-state index in [9.17, 15) is 0 Å². The summed E-state index contributed by atoms with van der Waals surface area (Å²) in [6, 6.07) is 4.58. The van der Waals surface area contributed by atoms with Gasteiger partial charge in [-0.2, -0.15) is 0 Å². The van der Waals surface area contributed by atoms with Crippen LogP contribution < -0.4 is 0 Å². The maximum atomic E-state index is 3.91. The summed E-state index contributed by atoms with van der Waals surface area (Å²) in [4.78, 5) is 3.91. The molecule has 0 amide bonds. The molecule has 47 valence electrons. The maximum Gasteiger partial charge on any atom is 0.185 e. The summed E-state index contributed by atoms with van der Waals surface area (Å²) < 4.78 is 0. The van der Waals surface area contributed by atoms with Gasteiger partial charge in [0.15, 0.2) is 5.65 Å². The summed E-state index contributed by atoms with van der Waals surface area (Å²) >= 11 is 0. The van der Waals surface area contributed by atoms with Gasteiger partial charge in [-0.1, -0.05) is 0 Å². The zero-order valence-electron chi connectivity index (χ0n) is 5.02. The van der Waals surface area contributed by atoms with Crippen molar-refractivity contribution in [3.63, 3.8) is 0 Å². The molecule has 2 heterocycles. The van der Waals surface area contributed by atoms with Crippen molar-refractivity contribution in [2.45, 2.75) is 0 Å². The van der Waals surface area contributed by atoms with E-state index in [4.69, 9.17) is 0 Å². The normalized spacial score (nSPS) is 10.0. The Morgan fingerprint density at radius 2 is 2.40 bits per heavy atom. The molecular formula is C6H3N4. The Bertz CT molecular complexity index is 281. The first-order chi connectivity index (χ1) is 4.97. The number of pyridine rings is 1. The van der Waals surface area contributed by atoms with Crippen molar-refractivity contribution in [3.8, 4) is 0 Å². The highest BCUT2D eigenvalue weighted by Crippen LogP contribution is 2.01. The molecule has 0 aliphatic heterocycles. The lowest BCUT2D eigenvalue weighted by molar-refractivity contribution is 0.885. The molecule has 0 aromatic carbocycles. The number of rotatable bonds is 0. The van der Waals surface area contributed by atoms with Gasteiger partial charge in [-0.15, -0.1) is 10.2 Å². The van der Waals surface area contributed by atoms with Crippen LogP contribution in [0.15, 0.2) is 18.5 Å². The predicted molar refractivity (Wildman–Crippen MR) is 34.0 cm³/mol. The molecule has 2 aromatic rings. The van der Waals surface area contributed by atoms with Gasteiger partial charge in [0.25, 0.3) is 0 Å². The van der Waals surface area contributed by atoms with Gasteiger partial charge in [-0.05, 0) is 11.3 Å². The second kappa shape index (κ2) is 1.98. The molecule has 10 heavy (non-hydrogen) atoms. The SMILES string of the molecule is [c]1cnc2nnncc2c1. The summed E-state index contributed by atoms with van der Waals surface area (Å²) in [5.74, 6) is 0. The monoisotopic (exact) mass is 131 g/mol. The van der Waals surface area contributed by atoms with Gasteiger partial charge in [-0.25, -0.2) is 4.98 Å². The summed E-state index contributed by atoms with van der Waals surface area (Å²) in [5, 5.41) is 11.6. The fourth-order valence-electron chi connectivity index (χ4n) is 0.699. The molecule has 2 aromatic heterocycles. The Hall–Kier alpha value is -1.58. The first kappa shape index (κ1) is 5.22. The Labute approximate surface area is 56.9 Å². The van der Waals surface area contributed by atoms with E-state index < -0.39 is 0 Å². The van der Waals surface area contributed by atoms with Crippen LogP contribution in [0.25, 0.3) is 11.0 Å². The predicted octanol–water partition coefficient (Wildman–Crippen LogP) is 0.220. The summed E-state index contributed by atoms with van der Waals surface area (Å²) in [6.45, 7) is 0. The average molecular weight is 131 g/mol. The molecule has 0 aliphatic carbocycles. The molecule has 0 unspecified atom stereocenters. The van der Waals surface area contributed by atoms with Crippen LogP contribution in [-0.4, -0.2) is 20.4 Å². The second-order valence-corrected chi connectivity index (χ2v) is 1.78. The molecule has 1 radical (unpaired) electrons. The minimum Gasteiger partial charge on any atom is -0.234 e. The van der Waals surface area contributed by atoms with Crippen LogP contribution in [0.1, 0.15) is 0 Å². The Morgan fingerprint density at radius 1 is 1.40 bits per heavy atom. The van der Waals surface area contributed by atoms with Crippen molar-refractivity contribution in [1.82, 2.24) is 20.4 Å². The molecule has 0 N–H and O–H groups in total. The van der Waals surface area contributed by atoms with Crippen LogP contribution in [0.4, 0.5) is 0 Å². The lowest BCUT2D eigenvalue weighted by atomic mass is 10.4. The minimum atomic E-state index is 0.605. The van der Waals surface area contributed by atoms with Crippen LogP contribution >= 0.6 is 0 Å². The van der Waals surface area contributed by atoms with E-state index in [0.29, 0.717) is 5.65 Å². The molecule has 0 saturated carbocycles. The number of hydrogen-bond donors (Lipinski definition) is 0. The van der Waals surface area contributed by atoms with Crippen molar-refractivity contribution in [2.24, 2.45) is 0 Å². The van der Waals surface area contributed by atoms with Crippen molar-refractivity contribution in [3.05, 3.63) is 24.5 Å². The lowest BCUT2D eigenvalue weighted by Gasteiger charge is -1.87. The molecule has 2 rings (SSSR count). The largest absolute Gasteiger partial charge is 0.234 e. The third kappa shape index (κ3) is 0.699. The van der Waals surface area contributed by atoms with Gasteiger partial charge in [0, 0.05) is 17.6 Å². The Morgan fingerprint density at radius 3 is 3.30 bits per heavy atom. The minimum absolute atomic E-state index is 0.605. The highest BCUT2D eigenvalue weighted by molar-refractivity contribution is 5.71. The van der Waals surface area contributed by atoms with Gasteiger partial charge in [-0.3, -0.25) is 0 Å². The maximum absolute atomic E-state index is 3.91. The standard InChI is InChI=1S/C6H3N4/c1-2-5-4-8-10-9-6(5)7-3-1/h2-4H. The van der Waals surface area contributed by atoms with Gasteiger partial charge >= 0.3 is 0 Å². The number of nitrogens with zero attached hydrogens (tertiary/aromatic N) is 4. The zero-order chi connectivity index (χ0) is 6.81. The highest BCUT2D eigenvalue weighted by Gasteiger charge is 1.90. The van der Waals surface area contributed by atoms with Crippen LogP contribution in [0, 0.1) is 6.07 Å². The molecule has 0 aliphatic rings. The van der Waals surface area contributed by atoms with Crippen molar-refractivity contribution < 1.29 is 0 Å². The first-order valence-electron chi connectivity index (χ1n) is 2.77. The van der Waals surface area contributed by atoms with Crippen molar-refractivity contribution in [2.75, 3.05) is 0 Å². The molecule has 0 atom stereocenters. The van der Waals surface area contributed by atoms with E-state index in [2.05, 4.69) is 26.5 Å². The Kier molecular flexibility index (Phi) is 1.04. The number of aromatic nitrogens is 4. The third-order valence-electron chi connectivity index (χ3n) is 1.15. The van der Waals surface area contributed by atoms with E-state index in [-0.39, 0.29) is 0 Å². The second-order valence-electron chi connectivity index (χ2n) is 1.78. The lowest BCUT2D eigenvalue weighted by Crippen LogP contribution is -1.88. The summed E-state index contributed by atoms with van der Waals surface area (Å²) in [6.07, 6.45) is 3.16. The fraction of sp³-hybridized carbons (Fsp3) is 0. The molecule has 0 saturated heterocycles. The molecule has 0 bridgehead atoms. The molecule has 0 spiro atoms. The fourth-order valence-corrected chi connectivity index (χ4v) is 0.699. The van der Waals surface area contributed by atoms with Crippen molar-refractivity contribution in [1.29, 1.82) is 0 Å². The topological polar surface area (TPSA) is 51.6 Å². The van der Waals surface area contributed by atoms with E-state index >= 15 is 0 Å². The third-order valence-corrected chi connectivity index (χ3v) is 1.15. The van der Waals surface area contributed by atoms with E-state index in [0.717, 1.165) is 5.39 Å². The van der Waals surface area contributed by atoms with E-state index in [1.54, 1.807) is 18.5 Å². The highest BCUT2D eigenvalue weighted by atomic mass is 15.3. The van der Waals surface area contributed by atoms with Crippen LogP contribution in [0.5, 0.6) is 0 Å². The number of fused-ring (bicyclic) bond motifs is 1. The molecular weight excluding hydrogens is 128 g/mol. The van der Waals surface area contributed by atoms with E-state index in [1.165, 1.54) is 0 Å². The molecule has 4 nitrogen and oxygen atoms in total. The smallest absolute Gasteiger partial charge is 0.185 e. The average Bonchev–Trinajstić information content (AvgIpc) is 2.05. The van der Waals surface area contributed by atoms with Gasteiger partial charge in [0.1, 0.15) is 0 Å². The molecule has 0 fully saturated rings. The van der Waals surface area contributed by atoms with Crippen LogP contribution in [-0.2, 0) is 0 Å². The first-order valence-corrected chi connectivity index (χ1v) is 2.77. The van der Waals surface area contributed by atoms with E-state index in [1.807, 2.05) is 0 Å². The quantitative estimate of drug-likeness (QED) is 0.513. The molecule has 4 heteroatoms. The van der Waals surface area contributed by atoms with Gasteiger partial charge in [0.05, 0.1) is 6.20 Å². The van der Waals surface area contributed by atoms with Gasteiger partial charge < -0.3 is 0 Å². The summed E-state index contributed by atoms with van der Waals surface area (Å²) in [5.41, 5.74) is 0.605. The van der Waals surface area contributed by atoms with Crippen LogP contribution in [0.2, 0.25) is 0 Å². The van der Waals surface area contributed by atoms with Crippen molar-refractivity contribution >= 4 is 11.0 Å². The summed E-state index contributed by atoms with van der Waals surface area (Å²) in [7, 11) is 0. The number of hydrogen-bond acceptors (Lipinski definition) is 4. The van der Waals surface area contributed by atoms with Crippen LogP contribution in [0.3, 0.4) is 0 Å². The van der Waals surface area contributed by atoms with Gasteiger partial charge in [0.2, 0.25) is 0 Å². The Balaban J connectivity index is 2.89. The zero-order valence-corrected chi connectivity index (χ0v) is 5.02.